The number of nitrogens with zero attached hydrogens (tertiary/aromatic N) is 3. The molecule has 0 aliphatic carbocycles. The van der Waals surface area contributed by atoms with Crippen molar-refractivity contribution in [2.24, 2.45) is 5.10 Å². The maximum absolute atomic E-state index is 12.1. The standard InChI is InChI=1S/C20H21N5O7/c1-3-32-17-8-5-15(6-9-17)21-19(26)10-13(2)22-23-20(27)11-14-4-7-16(24(28)29)12-18(14)25(30)31/h4-9,12H,3,10-11H2,1-2H3,(H,21,26)(H,23,27). The lowest BCUT2D eigenvalue weighted by atomic mass is 10.1. The Hall–Kier alpha value is -4.35. The van der Waals surface area contributed by atoms with E-state index in [0.29, 0.717) is 23.8 Å². The second kappa shape index (κ2) is 11.2. The van der Waals surface area contributed by atoms with Crippen LogP contribution in [-0.4, -0.2) is 34.0 Å². The molecule has 0 fully saturated rings. The predicted molar refractivity (Wildman–Crippen MR) is 116 cm³/mol. The first-order chi connectivity index (χ1) is 15.2. The molecule has 168 valence electrons. The lowest BCUT2D eigenvalue weighted by Crippen LogP contribution is -2.23. The van der Waals surface area contributed by atoms with Gasteiger partial charge in [0.15, 0.2) is 0 Å². The van der Waals surface area contributed by atoms with Gasteiger partial charge in [0.2, 0.25) is 11.8 Å². The van der Waals surface area contributed by atoms with Gasteiger partial charge in [-0.2, -0.15) is 5.10 Å². The van der Waals surface area contributed by atoms with Crippen LogP contribution >= 0.6 is 0 Å². The number of carbonyl (C=O) groups is 2. The molecule has 12 heteroatoms. The van der Waals surface area contributed by atoms with Crippen LogP contribution in [0.25, 0.3) is 0 Å². The molecule has 0 atom stereocenters. The Morgan fingerprint density at radius 3 is 2.31 bits per heavy atom. The third-order valence-electron chi connectivity index (χ3n) is 4.06. The smallest absolute Gasteiger partial charge is 0.279 e. The van der Waals surface area contributed by atoms with E-state index >= 15 is 0 Å². The summed E-state index contributed by atoms with van der Waals surface area (Å²) in [7, 11) is 0. The molecule has 0 spiro atoms. The van der Waals surface area contributed by atoms with Gasteiger partial charge < -0.3 is 10.1 Å². The number of hydrogen-bond donors (Lipinski definition) is 2. The number of hydrogen-bond acceptors (Lipinski definition) is 8. The van der Waals surface area contributed by atoms with Crippen molar-refractivity contribution >= 4 is 34.6 Å². The van der Waals surface area contributed by atoms with E-state index in [1.165, 1.54) is 6.92 Å². The maximum atomic E-state index is 12.1. The Bertz CT molecular complexity index is 1050. The summed E-state index contributed by atoms with van der Waals surface area (Å²) in [5.41, 5.74) is 2.11. The average Bonchev–Trinajstić information content (AvgIpc) is 2.73. The number of non-ortho nitro benzene ring substituents is 1. The quantitative estimate of drug-likeness (QED) is 0.323. The molecule has 2 N–H and O–H groups in total. The fourth-order valence-electron chi connectivity index (χ4n) is 2.63. The highest BCUT2D eigenvalue weighted by Gasteiger charge is 2.21. The Kier molecular flexibility index (Phi) is 8.34. The Morgan fingerprint density at radius 2 is 1.72 bits per heavy atom. The van der Waals surface area contributed by atoms with Crippen LogP contribution in [0.2, 0.25) is 0 Å². The molecule has 0 radical (unpaired) electrons. The molecular formula is C20H21N5O7. The minimum atomic E-state index is -0.796. The zero-order chi connectivity index (χ0) is 23.7. The fourth-order valence-corrected chi connectivity index (χ4v) is 2.63. The second-order valence-electron chi connectivity index (χ2n) is 6.57. The Balaban J connectivity index is 1.92. The van der Waals surface area contributed by atoms with Crippen molar-refractivity contribution in [3.8, 4) is 5.75 Å². The van der Waals surface area contributed by atoms with Gasteiger partial charge in [0.25, 0.3) is 11.4 Å². The first-order valence-corrected chi connectivity index (χ1v) is 9.46. The van der Waals surface area contributed by atoms with E-state index < -0.39 is 33.5 Å². The first kappa shape index (κ1) is 23.9. The number of nitrogens with one attached hydrogen (secondary N) is 2. The molecule has 2 rings (SSSR count). The van der Waals surface area contributed by atoms with Crippen LogP contribution in [0.15, 0.2) is 47.6 Å². The van der Waals surface area contributed by atoms with Crippen molar-refractivity contribution in [1.82, 2.24) is 5.43 Å². The zero-order valence-electron chi connectivity index (χ0n) is 17.4. The van der Waals surface area contributed by atoms with Crippen molar-refractivity contribution in [2.75, 3.05) is 11.9 Å². The highest BCUT2D eigenvalue weighted by molar-refractivity contribution is 6.05. The van der Waals surface area contributed by atoms with Crippen LogP contribution in [-0.2, 0) is 16.0 Å². The molecule has 2 aromatic rings. The second-order valence-corrected chi connectivity index (χ2v) is 6.57. The summed E-state index contributed by atoms with van der Waals surface area (Å²) in [6, 6.07) is 9.84. The lowest BCUT2D eigenvalue weighted by molar-refractivity contribution is -0.394. The van der Waals surface area contributed by atoms with Gasteiger partial charge in [0.05, 0.1) is 35.4 Å². The third kappa shape index (κ3) is 7.16. The normalized spacial score (nSPS) is 10.9. The molecule has 0 unspecified atom stereocenters. The number of rotatable bonds is 10. The molecule has 0 saturated heterocycles. The molecule has 32 heavy (non-hydrogen) atoms. The van der Waals surface area contributed by atoms with Gasteiger partial charge in [0, 0.05) is 23.0 Å². The summed E-state index contributed by atoms with van der Waals surface area (Å²) < 4.78 is 5.32. The Morgan fingerprint density at radius 1 is 1.03 bits per heavy atom. The SMILES string of the molecule is CCOc1ccc(NC(=O)CC(C)=NNC(=O)Cc2ccc([N+](=O)[O-])cc2[N+](=O)[O-])cc1. The molecule has 0 saturated carbocycles. The van der Waals surface area contributed by atoms with E-state index in [1.807, 2.05) is 6.92 Å². The van der Waals surface area contributed by atoms with E-state index in [0.717, 1.165) is 18.2 Å². The van der Waals surface area contributed by atoms with Gasteiger partial charge in [-0.3, -0.25) is 29.8 Å². The van der Waals surface area contributed by atoms with E-state index in [9.17, 15) is 29.8 Å². The Labute approximate surface area is 182 Å². The highest BCUT2D eigenvalue weighted by atomic mass is 16.6. The van der Waals surface area contributed by atoms with Crippen molar-refractivity contribution in [2.45, 2.75) is 26.7 Å². The largest absolute Gasteiger partial charge is 0.494 e. The highest BCUT2D eigenvalue weighted by Crippen LogP contribution is 2.25. The average molecular weight is 443 g/mol. The molecule has 2 amide bonds. The van der Waals surface area contributed by atoms with Crippen molar-refractivity contribution < 1.29 is 24.2 Å². The van der Waals surface area contributed by atoms with Crippen molar-refractivity contribution in [3.63, 3.8) is 0 Å². The monoisotopic (exact) mass is 443 g/mol. The molecule has 12 nitrogen and oxygen atoms in total. The maximum Gasteiger partial charge on any atom is 0.279 e. The number of anilines is 1. The van der Waals surface area contributed by atoms with Gasteiger partial charge in [-0.05, 0) is 44.2 Å². The van der Waals surface area contributed by atoms with Crippen molar-refractivity contribution in [1.29, 1.82) is 0 Å². The summed E-state index contributed by atoms with van der Waals surface area (Å²) in [6.07, 6.45) is -0.505. The number of amides is 2. The van der Waals surface area contributed by atoms with Gasteiger partial charge >= 0.3 is 0 Å². The molecule has 0 aliphatic heterocycles. The molecule has 0 aliphatic rings. The number of benzene rings is 2. The molecule has 0 heterocycles. The minimum Gasteiger partial charge on any atom is -0.494 e. The van der Waals surface area contributed by atoms with E-state index in [4.69, 9.17) is 4.74 Å². The number of carbonyl (C=O) groups excluding carboxylic acids is 2. The van der Waals surface area contributed by atoms with Gasteiger partial charge in [-0.1, -0.05) is 0 Å². The number of hydrazone groups is 1. The summed E-state index contributed by atoms with van der Waals surface area (Å²) in [5.74, 6) is -0.344. The summed E-state index contributed by atoms with van der Waals surface area (Å²) in [5, 5.41) is 28.4. The van der Waals surface area contributed by atoms with Gasteiger partial charge in [-0.25, -0.2) is 5.43 Å². The third-order valence-corrected chi connectivity index (χ3v) is 4.06. The summed E-state index contributed by atoms with van der Waals surface area (Å²) in [6.45, 7) is 3.93. The molecule has 0 bridgehead atoms. The number of ether oxygens (including phenoxy) is 1. The van der Waals surface area contributed by atoms with E-state index in [2.05, 4.69) is 15.8 Å². The van der Waals surface area contributed by atoms with Gasteiger partial charge in [0.1, 0.15) is 5.75 Å². The van der Waals surface area contributed by atoms with Crippen LogP contribution < -0.4 is 15.5 Å². The van der Waals surface area contributed by atoms with Crippen molar-refractivity contribution in [3.05, 3.63) is 68.3 Å². The summed E-state index contributed by atoms with van der Waals surface area (Å²) >= 11 is 0. The summed E-state index contributed by atoms with van der Waals surface area (Å²) in [4.78, 5) is 44.6. The lowest BCUT2D eigenvalue weighted by Gasteiger charge is -2.07. The molecular weight excluding hydrogens is 422 g/mol. The van der Waals surface area contributed by atoms with Crippen LogP contribution in [0.1, 0.15) is 25.8 Å². The zero-order valence-corrected chi connectivity index (χ0v) is 17.4. The number of nitro benzene ring substituents is 2. The molecule has 2 aromatic carbocycles. The van der Waals surface area contributed by atoms with Crippen LogP contribution in [0.4, 0.5) is 17.1 Å². The van der Waals surface area contributed by atoms with Crippen LogP contribution in [0.5, 0.6) is 5.75 Å². The van der Waals surface area contributed by atoms with E-state index in [-0.39, 0.29) is 17.9 Å². The van der Waals surface area contributed by atoms with E-state index in [1.54, 1.807) is 24.3 Å². The van der Waals surface area contributed by atoms with Crippen LogP contribution in [0, 0.1) is 20.2 Å². The predicted octanol–water partition coefficient (Wildman–Crippen LogP) is 2.97. The molecule has 0 aromatic heterocycles. The first-order valence-electron chi connectivity index (χ1n) is 9.46. The topological polar surface area (TPSA) is 166 Å². The van der Waals surface area contributed by atoms with Gasteiger partial charge in [-0.15, -0.1) is 0 Å². The minimum absolute atomic E-state index is 0.000745. The fraction of sp³-hybridized carbons (Fsp3) is 0.250. The number of nitro groups is 2. The van der Waals surface area contributed by atoms with Crippen LogP contribution in [0.3, 0.4) is 0 Å².